The van der Waals surface area contributed by atoms with Crippen molar-refractivity contribution < 1.29 is 22.8 Å². The summed E-state index contributed by atoms with van der Waals surface area (Å²) < 4.78 is 32.8. The number of anilines is 1. The number of fused-ring (bicyclic) bond motifs is 1. The summed E-state index contributed by atoms with van der Waals surface area (Å²) in [5.41, 5.74) is 8.90. The van der Waals surface area contributed by atoms with Gasteiger partial charge in [-0.15, -0.1) is 0 Å². The van der Waals surface area contributed by atoms with E-state index in [1.165, 1.54) is 11.0 Å². The number of nitrogen functional groups attached to an aromatic ring is 1. The van der Waals surface area contributed by atoms with E-state index < -0.39 is 5.92 Å². The fraction of sp³-hybridized carbons (Fsp3) is 0.207. The van der Waals surface area contributed by atoms with E-state index in [2.05, 4.69) is 10.3 Å². The molecule has 2 aromatic heterocycles. The first-order chi connectivity index (χ1) is 18.7. The van der Waals surface area contributed by atoms with Gasteiger partial charge in [-0.3, -0.25) is 9.59 Å². The molecule has 4 aromatic rings. The molecule has 39 heavy (non-hydrogen) atoms. The molecule has 0 bridgehead atoms. The van der Waals surface area contributed by atoms with Crippen LogP contribution in [-0.4, -0.2) is 40.7 Å². The van der Waals surface area contributed by atoms with Crippen molar-refractivity contribution in [1.82, 2.24) is 15.2 Å². The molecule has 0 spiro atoms. The van der Waals surface area contributed by atoms with Crippen molar-refractivity contribution in [2.24, 2.45) is 0 Å². The van der Waals surface area contributed by atoms with Gasteiger partial charge in [0.2, 0.25) is 5.91 Å². The molecule has 2 amide bonds. The molecule has 3 heterocycles. The summed E-state index contributed by atoms with van der Waals surface area (Å²) in [5.74, 6) is -2.34. The Morgan fingerprint density at radius 1 is 1.10 bits per heavy atom. The van der Waals surface area contributed by atoms with Gasteiger partial charge in [-0.1, -0.05) is 23.7 Å². The van der Waals surface area contributed by atoms with Gasteiger partial charge in [0, 0.05) is 60.2 Å². The largest absolute Gasteiger partial charge is 0.459 e. The number of rotatable bonds is 6. The number of hydrogen-bond acceptors (Lipinski definition) is 5. The van der Waals surface area contributed by atoms with Gasteiger partial charge in [0.1, 0.15) is 17.2 Å². The maximum Gasteiger partial charge on any atom is 0.253 e. The number of hydrogen-bond donors (Lipinski definition) is 2. The summed E-state index contributed by atoms with van der Waals surface area (Å²) in [6.45, 7) is 0.230. The number of pyridine rings is 1. The minimum atomic E-state index is -2.71. The number of carbonyl (C=O) groups is 2. The molecule has 10 heteroatoms. The monoisotopic (exact) mass is 550 g/mol. The number of alkyl halides is 2. The Hall–Kier alpha value is -4.24. The number of halogens is 3. The van der Waals surface area contributed by atoms with Crippen LogP contribution in [0.25, 0.3) is 28.2 Å². The zero-order valence-electron chi connectivity index (χ0n) is 20.8. The molecule has 200 valence electrons. The molecule has 0 radical (unpaired) electrons. The lowest BCUT2D eigenvalue weighted by Crippen LogP contribution is -2.42. The van der Waals surface area contributed by atoms with Crippen LogP contribution in [-0.2, 0) is 11.3 Å². The predicted molar refractivity (Wildman–Crippen MR) is 146 cm³/mol. The first kappa shape index (κ1) is 26.4. The molecule has 3 N–H and O–H groups in total. The van der Waals surface area contributed by atoms with Crippen LogP contribution >= 0.6 is 11.6 Å². The highest BCUT2D eigenvalue weighted by molar-refractivity contribution is 6.31. The van der Waals surface area contributed by atoms with Crippen LogP contribution in [0.3, 0.4) is 0 Å². The number of furan rings is 1. The third-order valence-electron chi connectivity index (χ3n) is 6.55. The van der Waals surface area contributed by atoms with E-state index in [9.17, 15) is 18.4 Å². The lowest BCUT2D eigenvalue weighted by Gasteiger charge is -2.31. The molecule has 0 aliphatic carbocycles. The maximum atomic E-state index is 13.5. The van der Waals surface area contributed by atoms with Crippen molar-refractivity contribution in [2.45, 2.75) is 25.3 Å². The average molecular weight is 551 g/mol. The first-order valence-corrected chi connectivity index (χ1v) is 12.7. The number of aromatic nitrogens is 1. The van der Waals surface area contributed by atoms with E-state index in [0.717, 1.165) is 22.1 Å². The average Bonchev–Trinajstić information content (AvgIpc) is 3.33. The van der Waals surface area contributed by atoms with Gasteiger partial charge < -0.3 is 20.4 Å². The zero-order valence-corrected chi connectivity index (χ0v) is 21.6. The Balaban J connectivity index is 1.29. The second-order valence-electron chi connectivity index (χ2n) is 9.37. The van der Waals surface area contributed by atoms with Crippen LogP contribution in [0.15, 0.2) is 71.3 Å². The third-order valence-corrected chi connectivity index (χ3v) is 6.77. The summed E-state index contributed by atoms with van der Waals surface area (Å²) in [6.07, 6.45) is 3.96. The number of amides is 2. The summed E-state index contributed by atoms with van der Waals surface area (Å²) in [4.78, 5) is 30.5. The fourth-order valence-electron chi connectivity index (χ4n) is 4.42. The summed E-state index contributed by atoms with van der Waals surface area (Å²) in [5, 5.41) is 4.05. The van der Waals surface area contributed by atoms with E-state index in [4.69, 9.17) is 21.8 Å². The molecule has 2 aromatic carbocycles. The highest BCUT2D eigenvalue weighted by Gasteiger charge is 2.35. The number of benzene rings is 2. The minimum absolute atomic E-state index is 0.0330. The molecule has 7 nitrogen and oxygen atoms in total. The van der Waals surface area contributed by atoms with Gasteiger partial charge in [0.25, 0.3) is 11.8 Å². The number of nitrogens with one attached hydrogen (secondary N) is 1. The lowest BCUT2D eigenvalue weighted by atomic mass is 9.99. The van der Waals surface area contributed by atoms with Crippen molar-refractivity contribution in [2.75, 3.05) is 18.8 Å². The van der Waals surface area contributed by atoms with Crippen LogP contribution in [0.2, 0.25) is 5.02 Å². The van der Waals surface area contributed by atoms with Crippen molar-refractivity contribution in [3.63, 3.8) is 0 Å². The summed E-state index contributed by atoms with van der Waals surface area (Å²) in [6, 6.07) is 15.7. The fourth-order valence-corrected chi connectivity index (χ4v) is 4.62. The standard InChI is InChI=1S/C29H25ClF2N4O3/c30-21-13-23(19-3-5-20(6-4-19)28(38)36-11-9-29(31,32)10-12-36)24-15-22(39-25(24)14-21)17-35-27(37)8-2-18-1-7-26(33)34-16-18/h1-8,13-16H,9-12,17H2,(H2,33,34)(H,35,37). The molecular formula is C29H25ClF2N4O3. The van der Waals surface area contributed by atoms with Gasteiger partial charge >= 0.3 is 0 Å². The van der Waals surface area contributed by atoms with Crippen molar-refractivity contribution in [3.8, 4) is 11.1 Å². The summed E-state index contributed by atoms with van der Waals surface area (Å²) >= 11 is 6.35. The minimum Gasteiger partial charge on any atom is -0.459 e. The number of carbonyl (C=O) groups excluding carboxylic acids is 2. The van der Waals surface area contributed by atoms with Gasteiger partial charge in [-0.25, -0.2) is 13.8 Å². The molecule has 0 saturated carbocycles. The smallest absolute Gasteiger partial charge is 0.253 e. The molecule has 1 saturated heterocycles. The van der Waals surface area contributed by atoms with Crippen LogP contribution in [0.5, 0.6) is 0 Å². The Morgan fingerprint density at radius 2 is 1.85 bits per heavy atom. The normalized spacial score (nSPS) is 15.1. The van der Waals surface area contributed by atoms with Crippen LogP contribution in [0.4, 0.5) is 14.6 Å². The Bertz CT molecular complexity index is 1540. The topological polar surface area (TPSA) is 101 Å². The number of likely N-dealkylation sites (tertiary alicyclic amines) is 1. The molecule has 1 aliphatic heterocycles. The van der Waals surface area contributed by atoms with Gasteiger partial charge in [-0.05, 0) is 59.2 Å². The molecule has 0 atom stereocenters. The quantitative estimate of drug-likeness (QED) is 0.290. The Morgan fingerprint density at radius 3 is 2.54 bits per heavy atom. The molecular weight excluding hydrogens is 526 g/mol. The van der Waals surface area contributed by atoms with Crippen molar-refractivity contribution in [1.29, 1.82) is 0 Å². The Labute approximate surface area is 228 Å². The third kappa shape index (κ3) is 6.26. The highest BCUT2D eigenvalue weighted by Crippen LogP contribution is 2.35. The second-order valence-corrected chi connectivity index (χ2v) is 9.81. The highest BCUT2D eigenvalue weighted by atomic mass is 35.5. The van der Waals surface area contributed by atoms with Gasteiger partial charge in [0.05, 0.1) is 6.54 Å². The van der Waals surface area contributed by atoms with E-state index in [1.807, 2.05) is 6.07 Å². The second kappa shape index (κ2) is 10.9. The van der Waals surface area contributed by atoms with Crippen molar-refractivity contribution in [3.05, 3.63) is 88.8 Å². The lowest BCUT2D eigenvalue weighted by molar-refractivity contribution is -0.116. The molecule has 1 aliphatic rings. The number of nitrogens with two attached hydrogens (primary N) is 1. The van der Waals surface area contributed by atoms with Crippen LogP contribution < -0.4 is 11.1 Å². The van der Waals surface area contributed by atoms with E-state index in [-0.39, 0.29) is 44.3 Å². The van der Waals surface area contributed by atoms with E-state index in [0.29, 0.717) is 27.7 Å². The molecule has 5 rings (SSSR count). The molecule has 0 unspecified atom stereocenters. The first-order valence-electron chi connectivity index (χ1n) is 12.3. The zero-order chi connectivity index (χ0) is 27.6. The van der Waals surface area contributed by atoms with E-state index >= 15 is 0 Å². The van der Waals surface area contributed by atoms with Gasteiger partial charge in [0.15, 0.2) is 0 Å². The van der Waals surface area contributed by atoms with Crippen LogP contribution in [0.1, 0.15) is 34.5 Å². The number of nitrogens with zero attached hydrogens (tertiary/aromatic N) is 2. The van der Waals surface area contributed by atoms with Crippen LogP contribution in [0, 0.1) is 0 Å². The SMILES string of the molecule is Nc1ccc(C=CC(=O)NCc2cc3c(-c4ccc(C(=O)N5CCC(F)(F)CC5)cc4)cc(Cl)cc3o2)cn1. The summed E-state index contributed by atoms with van der Waals surface area (Å²) in [7, 11) is 0. The molecule has 1 fully saturated rings. The van der Waals surface area contributed by atoms with Crippen molar-refractivity contribution >= 4 is 46.3 Å². The maximum absolute atomic E-state index is 13.5. The Kier molecular flexibility index (Phi) is 7.34. The van der Waals surface area contributed by atoms with E-state index in [1.54, 1.807) is 60.8 Å². The predicted octanol–water partition coefficient (Wildman–Crippen LogP) is 5.93. The number of piperidine rings is 1. The van der Waals surface area contributed by atoms with Gasteiger partial charge in [-0.2, -0.15) is 0 Å².